The van der Waals surface area contributed by atoms with Gasteiger partial charge in [-0.3, -0.25) is 4.79 Å². The van der Waals surface area contributed by atoms with Crippen LogP contribution in [0.5, 0.6) is 28.7 Å². The maximum atomic E-state index is 13.0. The second-order valence-corrected chi connectivity index (χ2v) is 8.45. The van der Waals surface area contributed by atoms with Crippen LogP contribution in [0.4, 0.5) is 0 Å². The summed E-state index contributed by atoms with van der Waals surface area (Å²) >= 11 is 0. The summed E-state index contributed by atoms with van der Waals surface area (Å²) in [5.41, 5.74) is 2.71. The Hall–Kier alpha value is -3.45. The third-order valence-corrected chi connectivity index (χ3v) is 5.68. The first-order chi connectivity index (χ1) is 15.6. The van der Waals surface area contributed by atoms with Gasteiger partial charge in [0.05, 0.1) is 7.11 Å². The number of ketones is 1. The molecule has 2 aromatic carbocycles. The normalized spacial score (nSPS) is 17.8. The highest BCUT2D eigenvalue weighted by Gasteiger charge is 2.40. The first-order valence-electron chi connectivity index (χ1n) is 10.8. The first kappa shape index (κ1) is 24.2. The van der Waals surface area contributed by atoms with Gasteiger partial charge in [0.15, 0.2) is 23.7 Å². The summed E-state index contributed by atoms with van der Waals surface area (Å²) in [6.07, 6.45) is 3.28. The topological polar surface area (TPSA) is 116 Å². The zero-order valence-electron chi connectivity index (χ0n) is 19.3. The van der Waals surface area contributed by atoms with Gasteiger partial charge in [-0.05, 0) is 57.7 Å². The van der Waals surface area contributed by atoms with Gasteiger partial charge in [-0.25, -0.2) is 0 Å². The number of hydrogen-bond donors (Lipinski definition) is 4. The monoisotopic (exact) mass is 454 g/mol. The zero-order chi connectivity index (χ0) is 24.3. The molecule has 0 radical (unpaired) electrons. The smallest absolute Gasteiger partial charge is 0.202 e. The van der Waals surface area contributed by atoms with E-state index in [1.165, 1.54) is 30.9 Å². The number of aliphatic hydroxyl groups excluding tert-OH is 1. The minimum atomic E-state index is -1.60. The molecule has 0 saturated heterocycles. The van der Waals surface area contributed by atoms with E-state index in [2.05, 4.69) is 6.08 Å². The van der Waals surface area contributed by atoms with E-state index < -0.39 is 23.7 Å². The number of aliphatic hydroxyl groups is 1. The van der Waals surface area contributed by atoms with Crippen LogP contribution in [0, 0.1) is 0 Å². The van der Waals surface area contributed by atoms with Crippen molar-refractivity contribution in [2.75, 3.05) is 7.11 Å². The Morgan fingerprint density at radius 2 is 1.82 bits per heavy atom. The lowest BCUT2D eigenvalue weighted by atomic mass is 9.90. The molecule has 1 heterocycles. The Balaban J connectivity index is 1.89. The standard InChI is InChI=1S/C26H30O7/c1-14(2)6-5-7-15(3)8-10-17-18(27)13-21-22(23(17)29)24(30)25(31)26(33-21)16-9-11-20(32-4)19(28)12-16/h6,8-9,11-13,25-29,31H,5,7,10H2,1-4H3/b15-8+/t25-,26?/m0/s1. The average Bonchev–Trinajstić information content (AvgIpc) is 2.75. The van der Waals surface area contributed by atoms with E-state index in [1.807, 2.05) is 26.8 Å². The van der Waals surface area contributed by atoms with Gasteiger partial charge in [-0.1, -0.05) is 29.4 Å². The molecule has 1 unspecified atom stereocenters. The summed E-state index contributed by atoms with van der Waals surface area (Å²) in [6.45, 7) is 6.05. The van der Waals surface area contributed by atoms with Gasteiger partial charge in [0, 0.05) is 11.6 Å². The fraction of sp³-hybridized carbons (Fsp3) is 0.346. The van der Waals surface area contributed by atoms with Crippen molar-refractivity contribution < 1.29 is 34.7 Å². The fourth-order valence-corrected chi connectivity index (χ4v) is 3.79. The van der Waals surface area contributed by atoms with E-state index in [4.69, 9.17) is 9.47 Å². The summed E-state index contributed by atoms with van der Waals surface area (Å²) in [5.74, 6) is -1.30. The molecule has 0 aliphatic carbocycles. The van der Waals surface area contributed by atoms with E-state index in [1.54, 1.807) is 6.07 Å². The highest BCUT2D eigenvalue weighted by atomic mass is 16.5. The SMILES string of the molecule is COc1ccc(C2Oc3cc(O)c(C/C=C(\C)CCC=C(C)C)c(O)c3C(=O)[C@@H]2O)cc1O. The van der Waals surface area contributed by atoms with Crippen molar-refractivity contribution in [2.45, 2.75) is 52.2 Å². The van der Waals surface area contributed by atoms with Crippen LogP contribution in [0.25, 0.3) is 0 Å². The lowest BCUT2D eigenvalue weighted by Gasteiger charge is -2.31. The van der Waals surface area contributed by atoms with Crippen LogP contribution in [0.2, 0.25) is 0 Å². The molecule has 176 valence electrons. The summed E-state index contributed by atoms with van der Waals surface area (Å²) < 4.78 is 10.8. The van der Waals surface area contributed by atoms with Gasteiger partial charge in [0.1, 0.15) is 22.8 Å². The van der Waals surface area contributed by atoms with Gasteiger partial charge in [0.25, 0.3) is 0 Å². The van der Waals surface area contributed by atoms with Crippen molar-refractivity contribution in [3.8, 4) is 28.7 Å². The second-order valence-electron chi connectivity index (χ2n) is 8.45. The molecule has 0 amide bonds. The number of rotatable bonds is 7. The van der Waals surface area contributed by atoms with Crippen LogP contribution in [-0.2, 0) is 6.42 Å². The molecule has 0 bridgehead atoms. The Kier molecular flexibility index (Phi) is 7.33. The van der Waals surface area contributed by atoms with Gasteiger partial charge >= 0.3 is 0 Å². The molecule has 2 atom stereocenters. The van der Waals surface area contributed by atoms with E-state index >= 15 is 0 Å². The van der Waals surface area contributed by atoms with Crippen LogP contribution < -0.4 is 9.47 Å². The molecule has 7 heteroatoms. The third kappa shape index (κ3) is 5.14. The molecular weight excluding hydrogens is 424 g/mol. The van der Waals surface area contributed by atoms with Crippen molar-refractivity contribution >= 4 is 5.78 Å². The number of Topliss-reactive ketones (excluding diaryl/α,β-unsaturated/α-hetero) is 1. The summed E-state index contributed by atoms with van der Waals surface area (Å²) in [7, 11) is 1.41. The van der Waals surface area contributed by atoms with Crippen LogP contribution in [0.1, 0.15) is 61.2 Å². The highest BCUT2D eigenvalue weighted by molar-refractivity contribution is 6.06. The summed E-state index contributed by atoms with van der Waals surface area (Å²) in [5, 5.41) is 42.0. The fourth-order valence-electron chi connectivity index (χ4n) is 3.79. The maximum absolute atomic E-state index is 13.0. The first-order valence-corrected chi connectivity index (χ1v) is 10.8. The van der Waals surface area contributed by atoms with Gasteiger partial charge in [-0.15, -0.1) is 0 Å². The summed E-state index contributed by atoms with van der Waals surface area (Å²) in [6, 6.07) is 5.66. The van der Waals surface area contributed by atoms with E-state index in [-0.39, 0.29) is 40.5 Å². The van der Waals surface area contributed by atoms with Crippen molar-refractivity contribution in [2.24, 2.45) is 0 Å². The molecule has 2 aromatic rings. The third-order valence-electron chi connectivity index (χ3n) is 5.68. The molecule has 4 N–H and O–H groups in total. The Bertz CT molecular complexity index is 1110. The number of fused-ring (bicyclic) bond motifs is 1. The Morgan fingerprint density at radius 1 is 1.09 bits per heavy atom. The van der Waals surface area contributed by atoms with Gasteiger partial charge < -0.3 is 29.9 Å². The lowest BCUT2D eigenvalue weighted by molar-refractivity contribution is 0.0209. The Morgan fingerprint density at radius 3 is 2.45 bits per heavy atom. The van der Waals surface area contributed by atoms with Gasteiger partial charge in [-0.2, -0.15) is 0 Å². The van der Waals surface area contributed by atoms with Crippen LogP contribution in [0.15, 0.2) is 47.6 Å². The molecule has 0 fully saturated rings. The molecule has 0 aromatic heterocycles. The van der Waals surface area contributed by atoms with Crippen molar-refractivity contribution in [1.29, 1.82) is 0 Å². The maximum Gasteiger partial charge on any atom is 0.202 e. The number of carbonyl (C=O) groups excluding carboxylic acids is 1. The molecular formula is C26H30O7. The van der Waals surface area contributed by atoms with E-state index in [0.29, 0.717) is 5.56 Å². The number of phenols is 3. The van der Waals surface area contributed by atoms with E-state index in [9.17, 15) is 25.2 Å². The quantitative estimate of drug-likeness (QED) is 0.447. The minimum absolute atomic E-state index is 0.0337. The highest BCUT2D eigenvalue weighted by Crippen LogP contribution is 2.45. The van der Waals surface area contributed by atoms with Crippen LogP contribution in [-0.4, -0.2) is 39.4 Å². The van der Waals surface area contributed by atoms with Crippen LogP contribution in [0.3, 0.4) is 0 Å². The average molecular weight is 455 g/mol. The summed E-state index contributed by atoms with van der Waals surface area (Å²) in [4.78, 5) is 13.0. The molecule has 33 heavy (non-hydrogen) atoms. The van der Waals surface area contributed by atoms with Crippen LogP contribution >= 0.6 is 0 Å². The molecule has 7 nitrogen and oxygen atoms in total. The number of methoxy groups -OCH3 is 1. The number of hydrogen-bond acceptors (Lipinski definition) is 7. The van der Waals surface area contributed by atoms with E-state index in [0.717, 1.165) is 18.4 Å². The number of ether oxygens (including phenoxy) is 2. The zero-order valence-corrected chi connectivity index (χ0v) is 19.3. The molecule has 0 spiro atoms. The van der Waals surface area contributed by atoms with Crippen molar-refractivity contribution in [3.63, 3.8) is 0 Å². The largest absolute Gasteiger partial charge is 0.507 e. The second kappa shape index (κ2) is 10.0. The Labute approximate surface area is 193 Å². The molecule has 1 aliphatic heterocycles. The van der Waals surface area contributed by atoms with Gasteiger partial charge in [0.2, 0.25) is 5.78 Å². The van der Waals surface area contributed by atoms with Crippen molar-refractivity contribution in [1.82, 2.24) is 0 Å². The lowest BCUT2D eigenvalue weighted by Crippen LogP contribution is -2.36. The number of benzene rings is 2. The number of phenolic OH excluding ortho intramolecular Hbond substituents is 3. The molecule has 3 rings (SSSR count). The number of allylic oxidation sites excluding steroid dienone is 4. The number of carbonyl (C=O) groups is 1. The number of aromatic hydroxyl groups is 3. The molecule has 1 aliphatic rings. The predicted molar refractivity (Wildman–Crippen MR) is 124 cm³/mol. The minimum Gasteiger partial charge on any atom is -0.507 e. The predicted octanol–water partition coefficient (Wildman–Crippen LogP) is 4.72. The molecule has 0 saturated carbocycles. The van der Waals surface area contributed by atoms with Crippen molar-refractivity contribution in [3.05, 3.63) is 64.3 Å².